The van der Waals surface area contributed by atoms with Gasteiger partial charge in [0.05, 0.1) is 0 Å². The van der Waals surface area contributed by atoms with Gasteiger partial charge < -0.3 is 10.6 Å². The second-order valence-corrected chi connectivity index (χ2v) is 5.81. The third-order valence-corrected chi connectivity index (χ3v) is 3.57. The Hall–Kier alpha value is -2.43. The summed E-state index contributed by atoms with van der Waals surface area (Å²) < 4.78 is 0. The lowest BCUT2D eigenvalue weighted by molar-refractivity contribution is 0.0946. The quantitative estimate of drug-likeness (QED) is 0.890. The lowest BCUT2D eigenvalue weighted by Gasteiger charge is -2.09. The zero-order valence-corrected chi connectivity index (χ0v) is 12.9. The van der Waals surface area contributed by atoms with E-state index in [-0.39, 0.29) is 5.91 Å². The molecule has 1 aromatic carbocycles. The highest BCUT2D eigenvalue weighted by atomic mass is 16.2. The van der Waals surface area contributed by atoms with Crippen LogP contribution in [0.2, 0.25) is 0 Å². The number of hydrogen-bond donors (Lipinski definition) is 2. The molecule has 1 saturated carbocycles. The number of amides is 1. The van der Waals surface area contributed by atoms with E-state index < -0.39 is 0 Å². The van der Waals surface area contributed by atoms with E-state index in [0.717, 1.165) is 24.1 Å². The first kappa shape index (κ1) is 14.5. The van der Waals surface area contributed by atoms with Crippen molar-refractivity contribution in [3.05, 3.63) is 52.8 Å². The molecule has 0 aliphatic heterocycles. The van der Waals surface area contributed by atoms with Crippen molar-refractivity contribution in [3.63, 3.8) is 0 Å². The summed E-state index contributed by atoms with van der Waals surface area (Å²) in [5.41, 5.74) is 3.59. The molecule has 1 fully saturated rings. The van der Waals surface area contributed by atoms with Gasteiger partial charge >= 0.3 is 0 Å². The van der Waals surface area contributed by atoms with Gasteiger partial charge in [-0.25, -0.2) is 9.97 Å². The number of carbonyl (C=O) groups is 1. The maximum Gasteiger partial charge on any atom is 0.270 e. The van der Waals surface area contributed by atoms with Crippen LogP contribution in [0, 0.1) is 13.8 Å². The number of nitrogens with zero attached hydrogens (tertiary/aromatic N) is 2. The first-order chi connectivity index (χ1) is 10.6. The zero-order chi connectivity index (χ0) is 15.5. The van der Waals surface area contributed by atoms with Gasteiger partial charge in [-0.05, 0) is 38.3 Å². The standard InChI is InChI=1S/C17H20N4O/c1-11-3-5-13(6-4-11)10-18-17-19-12(2)9-15(21-17)16(22)20-14-7-8-14/h3-6,9,14H,7-8,10H2,1-2H3,(H,20,22)(H,18,19,21). The van der Waals surface area contributed by atoms with Crippen molar-refractivity contribution in [3.8, 4) is 0 Å². The molecule has 0 atom stereocenters. The highest BCUT2D eigenvalue weighted by molar-refractivity contribution is 5.93. The van der Waals surface area contributed by atoms with Gasteiger partial charge in [0, 0.05) is 18.3 Å². The molecule has 1 heterocycles. The van der Waals surface area contributed by atoms with Gasteiger partial charge in [0.1, 0.15) is 5.69 Å². The molecule has 5 nitrogen and oxygen atoms in total. The maximum absolute atomic E-state index is 12.1. The van der Waals surface area contributed by atoms with Gasteiger partial charge in [0.15, 0.2) is 0 Å². The Labute approximate surface area is 130 Å². The molecule has 0 saturated heterocycles. The van der Waals surface area contributed by atoms with Crippen molar-refractivity contribution < 1.29 is 4.79 Å². The molecule has 2 N–H and O–H groups in total. The molecule has 0 radical (unpaired) electrons. The van der Waals surface area contributed by atoms with Crippen LogP contribution in [0.25, 0.3) is 0 Å². The second-order valence-electron chi connectivity index (χ2n) is 5.81. The van der Waals surface area contributed by atoms with Gasteiger partial charge in [-0.3, -0.25) is 4.79 Å². The molecule has 0 spiro atoms. The molecule has 5 heteroatoms. The fourth-order valence-corrected chi connectivity index (χ4v) is 2.14. The van der Waals surface area contributed by atoms with Gasteiger partial charge in [-0.1, -0.05) is 29.8 Å². The first-order valence-electron chi connectivity index (χ1n) is 7.56. The maximum atomic E-state index is 12.1. The van der Waals surface area contributed by atoms with Crippen molar-refractivity contribution in [2.24, 2.45) is 0 Å². The third kappa shape index (κ3) is 3.81. The molecule has 0 bridgehead atoms. The lowest BCUT2D eigenvalue weighted by atomic mass is 10.1. The summed E-state index contributed by atoms with van der Waals surface area (Å²) in [5, 5.41) is 6.13. The van der Waals surface area contributed by atoms with Crippen LogP contribution in [-0.2, 0) is 6.54 Å². The normalized spacial score (nSPS) is 13.7. The predicted molar refractivity (Wildman–Crippen MR) is 85.8 cm³/mol. The SMILES string of the molecule is Cc1ccc(CNc2nc(C)cc(C(=O)NC3CC3)n2)cc1. The summed E-state index contributed by atoms with van der Waals surface area (Å²) in [6.07, 6.45) is 2.13. The topological polar surface area (TPSA) is 66.9 Å². The molecule has 22 heavy (non-hydrogen) atoms. The Kier molecular flexibility index (Phi) is 4.04. The van der Waals surface area contributed by atoms with Gasteiger partial charge in [-0.15, -0.1) is 0 Å². The number of anilines is 1. The van der Waals surface area contributed by atoms with E-state index in [2.05, 4.69) is 51.8 Å². The minimum atomic E-state index is -0.119. The van der Waals surface area contributed by atoms with E-state index in [1.165, 1.54) is 5.56 Å². The predicted octanol–water partition coefficient (Wildman–Crippen LogP) is 2.60. The van der Waals surface area contributed by atoms with E-state index in [1.54, 1.807) is 6.07 Å². The number of hydrogen-bond acceptors (Lipinski definition) is 4. The summed E-state index contributed by atoms with van der Waals surface area (Å²) in [6, 6.07) is 10.3. The van der Waals surface area contributed by atoms with Crippen molar-refractivity contribution in [1.29, 1.82) is 0 Å². The van der Waals surface area contributed by atoms with Crippen molar-refractivity contribution in [1.82, 2.24) is 15.3 Å². The Morgan fingerprint density at radius 1 is 1.18 bits per heavy atom. The molecule has 1 amide bonds. The van der Waals surface area contributed by atoms with E-state index in [0.29, 0.717) is 24.2 Å². The molecule has 0 unspecified atom stereocenters. The minimum Gasteiger partial charge on any atom is -0.350 e. The van der Waals surface area contributed by atoms with Crippen LogP contribution in [0.4, 0.5) is 5.95 Å². The number of rotatable bonds is 5. The fourth-order valence-electron chi connectivity index (χ4n) is 2.14. The second kappa shape index (κ2) is 6.13. The van der Waals surface area contributed by atoms with Gasteiger partial charge in [-0.2, -0.15) is 0 Å². The summed E-state index contributed by atoms with van der Waals surface area (Å²) in [4.78, 5) is 20.7. The number of aryl methyl sites for hydroxylation is 2. The third-order valence-electron chi connectivity index (χ3n) is 3.57. The smallest absolute Gasteiger partial charge is 0.270 e. The van der Waals surface area contributed by atoms with Gasteiger partial charge in [0.2, 0.25) is 5.95 Å². The summed E-state index contributed by atoms with van der Waals surface area (Å²) in [5.74, 6) is 0.368. The Bertz CT molecular complexity index is 678. The average molecular weight is 296 g/mol. The number of aromatic nitrogens is 2. The Balaban J connectivity index is 1.68. The fraction of sp³-hybridized carbons (Fsp3) is 0.353. The highest BCUT2D eigenvalue weighted by Crippen LogP contribution is 2.19. The number of carbonyl (C=O) groups excluding carboxylic acids is 1. The molecule has 1 aliphatic rings. The molecule has 114 valence electrons. The van der Waals surface area contributed by atoms with Crippen molar-refractivity contribution >= 4 is 11.9 Å². The summed E-state index contributed by atoms with van der Waals surface area (Å²) in [6.45, 7) is 4.56. The van der Waals surface area contributed by atoms with Crippen LogP contribution >= 0.6 is 0 Å². The van der Waals surface area contributed by atoms with E-state index in [1.807, 2.05) is 6.92 Å². The number of benzene rings is 1. The number of nitrogens with one attached hydrogen (secondary N) is 2. The molecule has 1 aliphatic carbocycles. The van der Waals surface area contributed by atoms with Crippen molar-refractivity contribution in [2.75, 3.05) is 5.32 Å². The van der Waals surface area contributed by atoms with E-state index >= 15 is 0 Å². The zero-order valence-electron chi connectivity index (χ0n) is 12.9. The van der Waals surface area contributed by atoms with Crippen LogP contribution in [0.1, 0.15) is 40.2 Å². The molecule has 1 aromatic heterocycles. The van der Waals surface area contributed by atoms with Crippen molar-refractivity contribution in [2.45, 2.75) is 39.3 Å². The Morgan fingerprint density at radius 3 is 2.59 bits per heavy atom. The molecular weight excluding hydrogens is 276 g/mol. The molecular formula is C17H20N4O. The lowest BCUT2D eigenvalue weighted by Crippen LogP contribution is -2.26. The van der Waals surface area contributed by atoms with Crippen LogP contribution < -0.4 is 10.6 Å². The van der Waals surface area contributed by atoms with Gasteiger partial charge in [0.25, 0.3) is 5.91 Å². The van der Waals surface area contributed by atoms with Crippen LogP contribution in [0.15, 0.2) is 30.3 Å². The highest BCUT2D eigenvalue weighted by Gasteiger charge is 2.24. The Morgan fingerprint density at radius 2 is 1.91 bits per heavy atom. The van der Waals surface area contributed by atoms with E-state index in [4.69, 9.17) is 0 Å². The molecule has 2 aromatic rings. The average Bonchev–Trinajstić information content (AvgIpc) is 3.30. The first-order valence-corrected chi connectivity index (χ1v) is 7.56. The van der Waals surface area contributed by atoms with Crippen LogP contribution in [0.3, 0.4) is 0 Å². The van der Waals surface area contributed by atoms with E-state index in [9.17, 15) is 4.79 Å². The monoisotopic (exact) mass is 296 g/mol. The summed E-state index contributed by atoms with van der Waals surface area (Å²) >= 11 is 0. The minimum absolute atomic E-state index is 0.119. The summed E-state index contributed by atoms with van der Waals surface area (Å²) in [7, 11) is 0. The molecule has 3 rings (SSSR count). The largest absolute Gasteiger partial charge is 0.350 e. The van der Waals surface area contributed by atoms with Crippen LogP contribution in [-0.4, -0.2) is 21.9 Å². The van der Waals surface area contributed by atoms with Crippen LogP contribution in [0.5, 0.6) is 0 Å².